The molecule has 0 spiro atoms. The molecule has 0 bridgehead atoms. The van der Waals surface area contributed by atoms with Crippen molar-refractivity contribution in [2.75, 3.05) is 53.9 Å². The van der Waals surface area contributed by atoms with Gasteiger partial charge in [-0.15, -0.1) is 0 Å². The number of fused-ring (bicyclic) bond motifs is 1. The molecule has 228 valence electrons. The van der Waals surface area contributed by atoms with Crippen molar-refractivity contribution in [3.05, 3.63) is 69.8 Å². The number of likely N-dealkylation sites (N-methyl/N-ethyl adjacent to an activating group) is 1. The van der Waals surface area contributed by atoms with E-state index >= 15 is 0 Å². The normalized spacial score (nSPS) is 15.5. The summed E-state index contributed by atoms with van der Waals surface area (Å²) in [4.78, 5) is 11.6. The molecule has 0 unspecified atom stereocenters. The summed E-state index contributed by atoms with van der Waals surface area (Å²) >= 11 is 0. The third kappa shape index (κ3) is 7.12. The number of ether oxygens (including phenoxy) is 3. The maximum Gasteiger partial charge on any atom is 0.129 e. The van der Waals surface area contributed by atoms with Crippen LogP contribution in [-0.2, 0) is 11.3 Å². The van der Waals surface area contributed by atoms with Crippen LogP contribution in [0.5, 0.6) is 11.5 Å². The molecule has 2 saturated carbocycles. The van der Waals surface area contributed by atoms with E-state index in [0.717, 1.165) is 77.6 Å². The van der Waals surface area contributed by atoms with Crippen molar-refractivity contribution in [3.63, 3.8) is 0 Å². The predicted molar refractivity (Wildman–Crippen MR) is 174 cm³/mol. The smallest absolute Gasteiger partial charge is 0.129 e. The van der Waals surface area contributed by atoms with Crippen LogP contribution in [0.25, 0.3) is 11.3 Å². The zero-order valence-electron chi connectivity index (χ0n) is 27.6. The van der Waals surface area contributed by atoms with E-state index in [1.807, 2.05) is 34.1 Å². The number of benzene rings is 1. The zero-order valence-corrected chi connectivity index (χ0v) is 27.6. The zero-order chi connectivity index (χ0) is 30.8. The largest absolute Gasteiger partial charge is 0.496 e. The van der Waals surface area contributed by atoms with Gasteiger partial charge in [0.05, 0.1) is 26.3 Å². The number of pyridine rings is 1. The molecule has 0 amide bonds. The molecule has 7 heteroatoms. The number of methoxy groups -OCH3 is 2. The second-order valence-corrected chi connectivity index (χ2v) is 12.4. The topological polar surface area (TPSA) is 50.3 Å². The van der Waals surface area contributed by atoms with Crippen molar-refractivity contribution in [2.45, 2.75) is 72.4 Å². The monoisotopic (exact) mass is 574 g/mol. The van der Waals surface area contributed by atoms with E-state index in [4.69, 9.17) is 19.2 Å². The Kier molecular flexibility index (Phi) is 9.61. The minimum Gasteiger partial charge on any atom is -0.496 e. The Hall–Kier alpha value is -3.45. The maximum absolute atomic E-state index is 6.36. The lowest BCUT2D eigenvalue weighted by Gasteiger charge is -2.31. The summed E-state index contributed by atoms with van der Waals surface area (Å²) in [5, 5.41) is 0. The average molecular weight is 575 g/mol. The van der Waals surface area contributed by atoms with Gasteiger partial charge in [-0.2, -0.15) is 0 Å². The Balaban J connectivity index is 0.00000198. The van der Waals surface area contributed by atoms with Gasteiger partial charge >= 0.3 is 0 Å². The highest BCUT2D eigenvalue weighted by Gasteiger charge is 2.30. The van der Waals surface area contributed by atoms with Crippen LogP contribution in [0.3, 0.4) is 0 Å². The van der Waals surface area contributed by atoms with E-state index < -0.39 is 0 Å². The fourth-order valence-electron chi connectivity index (χ4n) is 5.39. The molecule has 5 rings (SSSR count). The van der Waals surface area contributed by atoms with Gasteiger partial charge in [-0.1, -0.05) is 13.8 Å². The standard InChI is InChI=1S/C33H44N4O3.C2H6/c1-33(2,3)40-30(21-10-11-21)20-36(6)31-16-24-25(17-34-31)26(19-37(7)32(24)22-12-13-22)23-14-28(38-8)27(18-35(4)5)29(15-23)39-9;1-2/h14-17,19H,10-13,18,20H2,1-9H3;1-2H3. The Morgan fingerprint density at radius 1 is 0.929 bits per heavy atom. The van der Waals surface area contributed by atoms with E-state index in [9.17, 15) is 0 Å². The Labute approximate surface area is 253 Å². The minimum atomic E-state index is -0.217. The first-order valence-corrected chi connectivity index (χ1v) is 15.2. The third-order valence-corrected chi connectivity index (χ3v) is 7.43. The first kappa shape index (κ1) is 31.5. The van der Waals surface area contributed by atoms with Gasteiger partial charge < -0.3 is 28.9 Å². The highest BCUT2D eigenvalue weighted by atomic mass is 16.5. The summed E-state index contributed by atoms with van der Waals surface area (Å²) in [6, 6.07) is 6.50. The van der Waals surface area contributed by atoms with Crippen molar-refractivity contribution in [3.8, 4) is 11.5 Å². The van der Waals surface area contributed by atoms with E-state index in [-0.39, 0.29) is 5.60 Å². The highest BCUT2D eigenvalue weighted by Crippen LogP contribution is 2.46. The van der Waals surface area contributed by atoms with Crippen LogP contribution >= 0.6 is 0 Å². The van der Waals surface area contributed by atoms with E-state index in [2.05, 4.69) is 74.0 Å². The number of hydrogen-bond acceptors (Lipinski definition) is 7. The summed E-state index contributed by atoms with van der Waals surface area (Å²) in [6.07, 6.45) is 8.81. The summed E-state index contributed by atoms with van der Waals surface area (Å²) in [5.41, 5.74) is 9.53. The lowest BCUT2D eigenvalue weighted by atomic mass is 9.90. The highest BCUT2D eigenvalue weighted by molar-refractivity contribution is 5.92. The van der Waals surface area contributed by atoms with Crippen molar-refractivity contribution in [1.29, 1.82) is 0 Å². The molecule has 0 N–H and O–H groups in total. The second kappa shape index (κ2) is 12.8. The first-order valence-electron chi connectivity index (χ1n) is 15.2. The molecule has 0 atom stereocenters. The van der Waals surface area contributed by atoms with Crippen LogP contribution in [0.2, 0.25) is 0 Å². The van der Waals surface area contributed by atoms with Crippen LogP contribution in [0.15, 0.2) is 47.5 Å². The van der Waals surface area contributed by atoms with E-state index in [1.165, 1.54) is 22.4 Å². The number of anilines is 1. The Morgan fingerprint density at radius 3 is 2.05 bits per heavy atom. The fraction of sp³-hybridized carbons (Fsp3) is 0.514. The third-order valence-electron chi connectivity index (χ3n) is 7.43. The number of hydrogen-bond donors (Lipinski definition) is 0. The molecule has 2 aromatic rings. The molecule has 2 fully saturated rings. The fourth-order valence-corrected chi connectivity index (χ4v) is 5.39. The van der Waals surface area contributed by atoms with Crippen LogP contribution < -0.4 is 14.4 Å². The molecule has 2 heterocycles. The van der Waals surface area contributed by atoms with Crippen molar-refractivity contribution >= 4 is 17.1 Å². The second-order valence-electron chi connectivity index (χ2n) is 12.4. The molecule has 1 aromatic heterocycles. The molecule has 2 aliphatic carbocycles. The van der Waals surface area contributed by atoms with Gasteiger partial charge in [0.25, 0.3) is 0 Å². The van der Waals surface area contributed by atoms with Gasteiger partial charge in [-0.25, -0.2) is 4.98 Å². The first-order chi connectivity index (χ1) is 20.0. The van der Waals surface area contributed by atoms with E-state index in [1.54, 1.807) is 14.2 Å². The molecule has 0 radical (unpaired) electrons. The van der Waals surface area contributed by atoms with Gasteiger partial charge in [0.2, 0.25) is 0 Å². The SMILES string of the molecule is CC.COc1cc(C2=CN(C)C(=C3CC3)c3cc(N(C)CC(OC(C)(C)C)=C4CC4)ncc32)cc(OC)c1CN(C)C. The van der Waals surface area contributed by atoms with Crippen molar-refractivity contribution in [1.82, 2.24) is 14.8 Å². The molecule has 1 aromatic carbocycles. The molecule has 7 nitrogen and oxygen atoms in total. The molecular weight excluding hydrogens is 524 g/mol. The molecule has 0 saturated heterocycles. The van der Waals surface area contributed by atoms with E-state index in [0.29, 0.717) is 6.54 Å². The molecule has 3 aliphatic rings. The summed E-state index contributed by atoms with van der Waals surface area (Å²) < 4.78 is 18.1. The number of rotatable bonds is 9. The van der Waals surface area contributed by atoms with Crippen LogP contribution in [0.1, 0.15) is 82.6 Å². The Morgan fingerprint density at radius 2 is 1.55 bits per heavy atom. The number of aromatic nitrogens is 1. The van der Waals surface area contributed by atoms with Crippen molar-refractivity contribution in [2.24, 2.45) is 0 Å². The van der Waals surface area contributed by atoms with Crippen LogP contribution in [-0.4, -0.2) is 69.3 Å². The molecular formula is C35H50N4O3. The average Bonchev–Trinajstić information content (AvgIpc) is 3.86. The van der Waals surface area contributed by atoms with Gasteiger partial charge in [-0.05, 0) is 95.5 Å². The summed E-state index contributed by atoms with van der Waals surface area (Å²) in [6.45, 7) is 11.8. The number of allylic oxidation sites excluding steroid dienone is 2. The summed E-state index contributed by atoms with van der Waals surface area (Å²) in [5.74, 6) is 3.68. The quantitative estimate of drug-likeness (QED) is 0.291. The van der Waals surface area contributed by atoms with Crippen molar-refractivity contribution < 1.29 is 14.2 Å². The maximum atomic E-state index is 6.36. The van der Waals surface area contributed by atoms with Gasteiger partial charge in [0.15, 0.2) is 0 Å². The lowest BCUT2D eigenvalue weighted by Crippen LogP contribution is -2.28. The van der Waals surface area contributed by atoms with Gasteiger partial charge in [-0.3, -0.25) is 0 Å². The number of nitrogens with zero attached hydrogens (tertiary/aromatic N) is 4. The van der Waals surface area contributed by atoms with Crippen LogP contribution in [0.4, 0.5) is 5.82 Å². The van der Waals surface area contributed by atoms with Gasteiger partial charge in [0.1, 0.15) is 28.7 Å². The molecule has 1 aliphatic heterocycles. The van der Waals surface area contributed by atoms with Crippen LogP contribution in [0, 0.1) is 0 Å². The van der Waals surface area contributed by atoms with Gasteiger partial charge in [0, 0.05) is 55.4 Å². The summed E-state index contributed by atoms with van der Waals surface area (Å²) in [7, 11) is 11.8. The predicted octanol–water partition coefficient (Wildman–Crippen LogP) is 7.33. The molecule has 42 heavy (non-hydrogen) atoms. The lowest BCUT2D eigenvalue weighted by molar-refractivity contribution is 0.0498. The minimum absolute atomic E-state index is 0.217. The Bertz CT molecular complexity index is 1360.